The molecule has 0 fully saturated rings. The summed E-state index contributed by atoms with van der Waals surface area (Å²) in [4.78, 5) is 0.340. The molecular formula is C21H18O2STe. The van der Waals surface area contributed by atoms with Crippen LogP contribution in [-0.2, 0) is 9.84 Å². The van der Waals surface area contributed by atoms with Crippen LogP contribution < -0.4 is 3.61 Å². The van der Waals surface area contributed by atoms with Crippen molar-refractivity contribution in [1.82, 2.24) is 0 Å². The van der Waals surface area contributed by atoms with Crippen LogP contribution in [0.2, 0.25) is 0 Å². The van der Waals surface area contributed by atoms with E-state index in [9.17, 15) is 8.42 Å². The average Bonchev–Trinajstić information content (AvgIpc) is 2.63. The maximum atomic E-state index is 12.9. The van der Waals surface area contributed by atoms with Gasteiger partial charge in [-0.15, -0.1) is 0 Å². The SMILES string of the molecule is Cc1ccc(S(=O)(=O)/C=C(\[Te]c2ccccc2)c2ccccc2)cc1. The fraction of sp³-hybridized carbons (Fsp3) is 0.0476. The van der Waals surface area contributed by atoms with Crippen molar-refractivity contribution < 1.29 is 8.42 Å². The molecule has 2 nitrogen and oxygen atoms in total. The van der Waals surface area contributed by atoms with Crippen molar-refractivity contribution in [2.45, 2.75) is 11.8 Å². The van der Waals surface area contributed by atoms with Crippen molar-refractivity contribution in [2.75, 3.05) is 0 Å². The zero-order chi connectivity index (χ0) is 17.7. The molecule has 4 heteroatoms. The van der Waals surface area contributed by atoms with Gasteiger partial charge >= 0.3 is 160 Å². The van der Waals surface area contributed by atoms with Crippen LogP contribution in [0.15, 0.2) is 95.2 Å². The second kappa shape index (κ2) is 8.01. The molecular weight excluding hydrogens is 444 g/mol. The zero-order valence-electron chi connectivity index (χ0n) is 13.8. The van der Waals surface area contributed by atoms with Gasteiger partial charge in [0.15, 0.2) is 0 Å². The summed E-state index contributed by atoms with van der Waals surface area (Å²) >= 11 is -0.812. The average molecular weight is 462 g/mol. The predicted octanol–water partition coefficient (Wildman–Crippen LogP) is 3.80. The van der Waals surface area contributed by atoms with E-state index >= 15 is 0 Å². The molecule has 0 unspecified atom stereocenters. The molecule has 0 heterocycles. The Bertz CT molecular complexity index is 961. The van der Waals surface area contributed by atoms with Crippen molar-refractivity contribution in [3.63, 3.8) is 0 Å². The summed E-state index contributed by atoms with van der Waals surface area (Å²) in [6.07, 6.45) is 0. The fourth-order valence-electron chi connectivity index (χ4n) is 2.31. The Labute approximate surface area is 159 Å². The summed E-state index contributed by atoms with van der Waals surface area (Å²) in [6.45, 7) is 1.95. The quantitative estimate of drug-likeness (QED) is 0.541. The van der Waals surface area contributed by atoms with E-state index in [4.69, 9.17) is 0 Å². The van der Waals surface area contributed by atoms with Crippen molar-refractivity contribution >= 4 is 38.0 Å². The topological polar surface area (TPSA) is 34.1 Å². The number of sulfone groups is 1. The fourth-order valence-corrected chi connectivity index (χ4v) is 7.21. The van der Waals surface area contributed by atoms with Gasteiger partial charge in [0.05, 0.1) is 0 Å². The molecule has 0 atom stereocenters. The third kappa shape index (κ3) is 4.83. The number of benzene rings is 3. The van der Waals surface area contributed by atoms with Gasteiger partial charge in [-0.25, -0.2) is 0 Å². The van der Waals surface area contributed by atoms with Gasteiger partial charge in [0.1, 0.15) is 0 Å². The van der Waals surface area contributed by atoms with Gasteiger partial charge in [-0.3, -0.25) is 0 Å². The van der Waals surface area contributed by atoms with Crippen LogP contribution in [0.25, 0.3) is 3.62 Å². The first-order valence-corrected chi connectivity index (χ1v) is 11.7. The molecule has 0 aromatic heterocycles. The van der Waals surface area contributed by atoms with Crippen LogP contribution in [0.5, 0.6) is 0 Å². The first-order chi connectivity index (χ1) is 12.0. The number of rotatable bonds is 5. The Morgan fingerprint density at radius 3 is 1.96 bits per heavy atom. The van der Waals surface area contributed by atoms with Crippen LogP contribution in [0.4, 0.5) is 0 Å². The third-order valence-electron chi connectivity index (χ3n) is 3.64. The van der Waals surface area contributed by atoms with Crippen LogP contribution >= 0.6 is 0 Å². The monoisotopic (exact) mass is 464 g/mol. The minimum absolute atomic E-state index is 0.340. The zero-order valence-corrected chi connectivity index (χ0v) is 16.9. The molecule has 0 bridgehead atoms. The Kier molecular flexibility index (Phi) is 5.75. The standard InChI is InChI=1S/C21H18O2STe/c1-17-12-14-19(15-13-17)24(22,23)16-21(18-8-4-2-5-9-18)25-20-10-6-3-7-11-20/h2-16H,1H3/b21-16-. The molecule has 3 aromatic carbocycles. The number of hydrogen-bond acceptors (Lipinski definition) is 2. The summed E-state index contributed by atoms with van der Waals surface area (Å²) < 4.78 is 27.8. The molecule has 3 rings (SSSR count). The summed E-state index contributed by atoms with van der Waals surface area (Å²) in [5.74, 6) is 0. The van der Waals surface area contributed by atoms with Gasteiger partial charge in [-0.1, -0.05) is 0 Å². The number of aryl methyl sites for hydroxylation is 1. The van der Waals surface area contributed by atoms with Crippen molar-refractivity contribution in [1.29, 1.82) is 0 Å². The second-order valence-electron chi connectivity index (χ2n) is 5.62. The van der Waals surface area contributed by atoms with Gasteiger partial charge in [0, 0.05) is 0 Å². The van der Waals surface area contributed by atoms with Crippen LogP contribution in [0.1, 0.15) is 11.1 Å². The first-order valence-electron chi connectivity index (χ1n) is 7.86. The number of hydrogen-bond donors (Lipinski definition) is 0. The van der Waals surface area contributed by atoms with E-state index in [2.05, 4.69) is 12.1 Å². The molecule has 0 radical (unpaired) electrons. The molecule has 0 saturated heterocycles. The van der Waals surface area contributed by atoms with E-state index in [1.165, 1.54) is 9.02 Å². The van der Waals surface area contributed by atoms with E-state index in [1.807, 2.05) is 67.6 Å². The van der Waals surface area contributed by atoms with Crippen LogP contribution in [0.3, 0.4) is 0 Å². The van der Waals surface area contributed by atoms with E-state index in [0.29, 0.717) is 4.90 Å². The van der Waals surface area contributed by atoms with E-state index in [-0.39, 0.29) is 0 Å². The predicted molar refractivity (Wildman–Crippen MR) is 105 cm³/mol. The summed E-state index contributed by atoms with van der Waals surface area (Å²) in [5, 5.41) is 1.46. The Morgan fingerprint density at radius 1 is 0.800 bits per heavy atom. The Balaban J connectivity index is 2.04. The molecule has 0 N–H and O–H groups in total. The van der Waals surface area contributed by atoms with Gasteiger partial charge in [0.2, 0.25) is 0 Å². The van der Waals surface area contributed by atoms with E-state index < -0.39 is 30.8 Å². The molecule has 0 saturated carbocycles. The van der Waals surface area contributed by atoms with Crippen molar-refractivity contribution in [2.24, 2.45) is 0 Å². The molecule has 0 aliphatic heterocycles. The summed E-state index contributed by atoms with van der Waals surface area (Å²) in [7, 11) is -3.47. The van der Waals surface area contributed by atoms with Crippen LogP contribution in [-0.4, -0.2) is 29.3 Å². The normalized spacial score (nSPS) is 12.1. The molecule has 3 aromatic rings. The molecule has 25 heavy (non-hydrogen) atoms. The molecule has 0 amide bonds. The molecule has 0 aliphatic rings. The van der Waals surface area contributed by atoms with Gasteiger partial charge < -0.3 is 0 Å². The summed E-state index contributed by atoms with van der Waals surface area (Å²) in [5.41, 5.74) is 2.02. The molecule has 126 valence electrons. The Morgan fingerprint density at radius 2 is 1.36 bits per heavy atom. The Hall–Kier alpha value is -1.86. The van der Waals surface area contributed by atoms with E-state index in [0.717, 1.165) is 14.7 Å². The van der Waals surface area contributed by atoms with Gasteiger partial charge in [0.25, 0.3) is 0 Å². The van der Waals surface area contributed by atoms with Crippen molar-refractivity contribution in [3.05, 3.63) is 101 Å². The maximum absolute atomic E-state index is 12.9. The van der Waals surface area contributed by atoms with Gasteiger partial charge in [-0.05, 0) is 0 Å². The van der Waals surface area contributed by atoms with Crippen LogP contribution in [0, 0.1) is 6.92 Å². The van der Waals surface area contributed by atoms with Gasteiger partial charge in [-0.2, -0.15) is 0 Å². The first kappa shape index (κ1) is 17.9. The molecule has 0 spiro atoms. The van der Waals surface area contributed by atoms with E-state index in [1.54, 1.807) is 12.1 Å². The summed E-state index contributed by atoms with van der Waals surface area (Å²) in [6, 6.07) is 26.9. The second-order valence-corrected chi connectivity index (χ2v) is 10.6. The third-order valence-corrected chi connectivity index (χ3v) is 8.67. The van der Waals surface area contributed by atoms with Crippen molar-refractivity contribution in [3.8, 4) is 0 Å². The molecule has 0 aliphatic carbocycles. The minimum atomic E-state index is -3.47.